The van der Waals surface area contributed by atoms with Crippen molar-refractivity contribution in [3.63, 3.8) is 0 Å². The maximum absolute atomic E-state index is 5.05. The Labute approximate surface area is 59.6 Å². The summed E-state index contributed by atoms with van der Waals surface area (Å²) in [5, 5.41) is 3.51. The molecule has 1 heterocycles. The van der Waals surface area contributed by atoms with Crippen LogP contribution in [0.1, 0.15) is 12.6 Å². The van der Waals surface area contributed by atoms with E-state index in [4.69, 9.17) is 5.84 Å². The average Bonchev–Trinajstić information content (AvgIpc) is 2.05. The van der Waals surface area contributed by atoms with Gasteiger partial charge in [0.1, 0.15) is 0 Å². The Balaban J connectivity index is 2.96. The maximum Gasteiger partial charge on any atom is 0.0859 e. The van der Waals surface area contributed by atoms with E-state index in [9.17, 15) is 0 Å². The monoisotopic (exact) mass is 135 g/mol. The van der Waals surface area contributed by atoms with Gasteiger partial charge in [-0.2, -0.15) is 5.10 Å². The quantitative estimate of drug-likeness (QED) is 0.351. The van der Waals surface area contributed by atoms with E-state index in [-0.39, 0.29) is 0 Å². The van der Waals surface area contributed by atoms with Crippen LogP contribution in [0.15, 0.2) is 29.5 Å². The molecular formula is C7H9N3. The largest absolute Gasteiger partial charge is 0.323 e. The van der Waals surface area contributed by atoms with Crippen LogP contribution in [0.3, 0.4) is 0 Å². The molecule has 0 radical (unpaired) electrons. The van der Waals surface area contributed by atoms with Crippen molar-refractivity contribution in [3.05, 3.63) is 30.1 Å². The van der Waals surface area contributed by atoms with Crippen LogP contribution in [0, 0.1) is 0 Å². The van der Waals surface area contributed by atoms with Crippen molar-refractivity contribution in [1.29, 1.82) is 0 Å². The molecule has 0 fully saturated rings. The molecule has 0 saturated heterocycles. The highest BCUT2D eigenvalue weighted by molar-refractivity contribution is 5.96. The van der Waals surface area contributed by atoms with Gasteiger partial charge in [0.05, 0.1) is 11.4 Å². The molecule has 0 aliphatic rings. The van der Waals surface area contributed by atoms with Gasteiger partial charge in [0.25, 0.3) is 0 Å². The van der Waals surface area contributed by atoms with Gasteiger partial charge in [0.15, 0.2) is 0 Å². The molecule has 1 aromatic heterocycles. The number of hydrazone groups is 1. The van der Waals surface area contributed by atoms with Gasteiger partial charge in [-0.3, -0.25) is 4.98 Å². The summed E-state index contributed by atoms with van der Waals surface area (Å²) in [5.74, 6) is 5.05. The average molecular weight is 135 g/mol. The van der Waals surface area contributed by atoms with Gasteiger partial charge in [-0.05, 0) is 19.1 Å². The van der Waals surface area contributed by atoms with Crippen LogP contribution in [0.2, 0.25) is 0 Å². The molecule has 10 heavy (non-hydrogen) atoms. The molecule has 0 unspecified atom stereocenters. The number of rotatable bonds is 1. The standard InChI is InChI=1S/C7H9N3/c1-6(10-8)7-4-2-3-5-9-7/h2-5H,8H2,1H3/b10-6-. The van der Waals surface area contributed by atoms with Crippen molar-refractivity contribution in [3.8, 4) is 0 Å². The van der Waals surface area contributed by atoms with Gasteiger partial charge >= 0.3 is 0 Å². The normalized spacial score (nSPS) is 11.5. The Morgan fingerprint density at radius 1 is 1.60 bits per heavy atom. The summed E-state index contributed by atoms with van der Waals surface area (Å²) in [5.41, 5.74) is 1.57. The zero-order valence-electron chi connectivity index (χ0n) is 5.78. The van der Waals surface area contributed by atoms with E-state index in [2.05, 4.69) is 10.1 Å². The van der Waals surface area contributed by atoms with Crippen molar-refractivity contribution in [1.82, 2.24) is 4.98 Å². The first-order chi connectivity index (χ1) is 4.84. The highest BCUT2D eigenvalue weighted by Crippen LogP contribution is 1.93. The third kappa shape index (κ3) is 1.31. The van der Waals surface area contributed by atoms with Gasteiger partial charge in [-0.25, -0.2) is 0 Å². The van der Waals surface area contributed by atoms with Crippen molar-refractivity contribution in [2.75, 3.05) is 0 Å². The van der Waals surface area contributed by atoms with Crippen LogP contribution < -0.4 is 5.84 Å². The van der Waals surface area contributed by atoms with Crippen molar-refractivity contribution < 1.29 is 0 Å². The first-order valence-corrected chi connectivity index (χ1v) is 3.00. The third-order valence-electron chi connectivity index (χ3n) is 1.23. The summed E-state index contributed by atoms with van der Waals surface area (Å²) in [7, 11) is 0. The summed E-state index contributed by atoms with van der Waals surface area (Å²) in [6.07, 6.45) is 1.71. The van der Waals surface area contributed by atoms with Crippen LogP contribution >= 0.6 is 0 Å². The topological polar surface area (TPSA) is 51.3 Å². The van der Waals surface area contributed by atoms with Crippen LogP contribution in [-0.4, -0.2) is 10.7 Å². The minimum atomic E-state index is 0.751. The predicted octanol–water partition coefficient (Wildman–Crippen LogP) is 0.764. The summed E-state index contributed by atoms with van der Waals surface area (Å²) in [6, 6.07) is 5.62. The fourth-order valence-electron chi connectivity index (χ4n) is 0.643. The molecule has 3 heteroatoms. The molecule has 52 valence electrons. The summed E-state index contributed by atoms with van der Waals surface area (Å²) >= 11 is 0. The second kappa shape index (κ2) is 2.96. The molecule has 0 amide bonds. The smallest absolute Gasteiger partial charge is 0.0859 e. The maximum atomic E-state index is 5.05. The van der Waals surface area contributed by atoms with Crippen LogP contribution in [0.5, 0.6) is 0 Å². The molecule has 2 N–H and O–H groups in total. The molecule has 0 aliphatic carbocycles. The lowest BCUT2D eigenvalue weighted by Crippen LogP contribution is -2.00. The van der Waals surface area contributed by atoms with Crippen molar-refractivity contribution in [2.45, 2.75) is 6.92 Å². The van der Waals surface area contributed by atoms with Gasteiger partial charge in [0, 0.05) is 6.20 Å². The van der Waals surface area contributed by atoms with Crippen molar-refractivity contribution >= 4 is 5.71 Å². The van der Waals surface area contributed by atoms with E-state index >= 15 is 0 Å². The number of hydrogen-bond acceptors (Lipinski definition) is 3. The highest BCUT2D eigenvalue weighted by atomic mass is 15.1. The molecule has 0 bridgehead atoms. The number of nitrogens with two attached hydrogens (primary N) is 1. The molecule has 1 aromatic rings. The van der Waals surface area contributed by atoms with Crippen LogP contribution in [0.4, 0.5) is 0 Å². The van der Waals surface area contributed by atoms with E-state index in [1.54, 1.807) is 6.20 Å². The van der Waals surface area contributed by atoms with Gasteiger partial charge in [0.2, 0.25) is 0 Å². The Hall–Kier alpha value is -1.38. The highest BCUT2D eigenvalue weighted by Gasteiger charge is 1.93. The molecule has 3 nitrogen and oxygen atoms in total. The summed E-state index contributed by atoms with van der Waals surface area (Å²) in [6.45, 7) is 1.82. The second-order valence-electron chi connectivity index (χ2n) is 1.93. The lowest BCUT2D eigenvalue weighted by atomic mass is 10.3. The Morgan fingerprint density at radius 3 is 2.90 bits per heavy atom. The van der Waals surface area contributed by atoms with Gasteiger partial charge in [-0.15, -0.1) is 0 Å². The molecular weight excluding hydrogens is 126 g/mol. The third-order valence-corrected chi connectivity index (χ3v) is 1.23. The first-order valence-electron chi connectivity index (χ1n) is 3.00. The number of pyridine rings is 1. The molecule has 0 aromatic carbocycles. The molecule has 0 spiro atoms. The fraction of sp³-hybridized carbons (Fsp3) is 0.143. The minimum absolute atomic E-state index is 0.751. The summed E-state index contributed by atoms with van der Waals surface area (Å²) in [4.78, 5) is 4.04. The van der Waals surface area contributed by atoms with E-state index in [1.807, 2.05) is 25.1 Å². The minimum Gasteiger partial charge on any atom is -0.323 e. The number of aromatic nitrogens is 1. The first kappa shape index (κ1) is 6.74. The van der Waals surface area contributed by atoms with Crippen LogP contribution in [-0.2, 0) is 0 Å². The lowest BCUT2D eigenvalue weighted by Gasteiger charge is -1.94. The Bertz CT molecular complexity index is 228. The second-order valence-corrected chi connectivity index (χ2v) is 1.93. The zero-order chi connectivity index (χ0) is 7.40. The Kier molecular flexibility index (Phi) is 1.99. The van der Waals surface area contributed by atoms with E-state index in [1.165, 1.54) is 0 Å². The van der Waals surface area contributed by atoms with Crippen molar-refractivity contribution in [2.24, 2.45) is 10.9 Å². The predicted molar refractivity (Wildman–Crippen MR) is 40.6 cm³/mol. The van der Waals surface area contributed by atoms with Crippen LogP contribution in [0.25, 0.3) is 0 Å². The molecule has 0 saturated carbocycles. The van der Waals surface area contributed by atoms with E-state index < -0.39 is 0 Å². The molecule has 0 aliphatic heterocycles. The Morgan fingerprint density at radius 2 is 2.40 bits per heavy atom. The molecule has 0 atom stereocenters. The van der Waals surface area contributed by atoms with Gasteiger partial charge < -0.3 is 5.84 Å². The van der Waals surface area contributed by atoms with Gasteiger partial charge in [-0.1, -0.05) is 6.07 Å². The fourth-order valence-corrected chi connectivity index (χ4v) is 0.643. The number of hydrogen-bond donors (Lipinski definition) is 1. The lowest BCUT2D eigenvalue weighted by molar-refractivity contribution is 1.20. The van der Waals surface area contributed by atoms with E-state index in [0.29, 0.717) is 0 Å². The zero-order valence-corrected chi connectivity index (χ0v) is 5.78. The number of nitrogens with zero attached hydrogens (tertiary/aromatic N) is 2. The summed E-state index contributed by atoms with van der Waals surface area (Å²) < 4.78 is 0. The molecule has 1 rings (SSSR count). The van der Waals surface area contributed by atoms with E-state index in [0.717, 1.165) is 11.4 Å². The SMILES string of the molecule is C/C(=N/N)c1ccccn1.